The van der Waals surface area contributed by atoms with Crippen LogP contribution in [0.15, 0.2) is 12.1 Å². The van der Waals surface area contributed by atoms with Gasteiger partial charge in [0.2, 0.25) is 0 Å². The minimum Gasteiger partial charge on any atom is -0.328 e. The summed E-state index contributed by atoms with van der Waals surface area (Å²) in [6.07, 6.45) is 0.755. The molecule has 1 atom stereocenters. The third kappa shape index (κ3) is 2.53. The van der Waals surface area contributed by atoms with Crippen LogP contribution in [-0.4, -0.2) is 11.0 Å². The van der Waals surface area contributed by atoms with E-state index in [1.807, 2.05) is 13.8 Å². The van der Waals surface area contributed by atoms with Crippen molar-refractivity contribution in [1.82, 2.24) is 0 Å². The number of nitrogens with two attached hydrogens (primary N) is 1. The van der Waals surface area contributed by atoms with Crippen LogP contribution in [0.5, 0.6) is 0 Å². The fourth-order valence-electron chi connectivity index (χ4n) is 1.63. The predicted octanol–water partition coefficient (Wildman–Crippen LogP) is 2.10. The zero-order valence-electron chi connectivity index (χ0n) is 9.28. The van der Waals surface area contributed by atoms with E-state index in [1.54, 1.807) is 19.1 Å². The molecule has 0 aliphatic heterocycles. The van der Waals surface area contributed by atoms with E-state index in [0.717, 1.165) is 23.1 Å². The van der Waals surface area contributed by atoms with Crippen LogP contribution in [-0.2, 0) is 6.42 Å². The summed E-state index contributed by atoms with van der Waals surface area (Å²) in [4.78, 5) is 10.3. The summed E-state index contributed by atoms with van der Waals surface area (Å²) in [5.74, 6) is 0. The minimum atomic E-state index is -0.349. The predicted molar refractivity (Wildman–Crippen MR) is 59.9 cm³/mol. The standard InChI is InChI=1S/C11H16N2O2/c1-7(12)6-10-4-5-11(13(14)15)9(3)8(10)2/h4-5,7H,6,12H2,1-3H3. The zero-order valence-corrected chi connectivity index (χ0v) is 9.28. The van der Waals surface area contributed by atoms with Gasteiger partial charge in [0.15, 0.2) is 0 Å². The topological polar surface area (TPSA) is 69.2 Å². The normalized spacial score (nSPS) is 12.5. The highest BCUT2D eigenvalue weighted by Gasteiger charge is 2.14. The number of nitrogens with zero attached hydrogens (tertiary/aromatic N) is 1. The molecule has 15 heavy (non-hydrogen) atoms. The van der Waals surface area contributed by atoms with Gasteiger partial charge in [0.25, 0.3) is 5.69 Å². The Labute approximate surface area is 89.2 Å². The second kappa shape index (κ2) is 4.40. The zero-order chi connectivity index (χ0) is 11.6. The van der Waals surface area contributed by atoms with E-state index in [1.165, 1.54) is 0 Å². The number of nitro groups is 1. The quantitative estimate of drug-likeness (QED) is 0.611. The maximum Gasteiger partial charge on any atom is 0.272 e. The first kappa shape index (κ1) is 11.7. The van der Waals surface area contributed by atoms with Crippen molar-refractivity contribution in [2.75, 3.05) is 0 Å². The second-order valence-corrected chi connectivity index (χ2v) is 3.93. The van der Waals surface area contributed by atoms with Gasteiger partial charge < -0.3 is 5.73 Å². The molecular formula is C11H16N2O2. The summed E-state index contributed by atoms with van der Waals surface area (Å²) in [5, 5.41) is 10.7. The van der Waals surface area contributed by atoms with Crippen molar-refractivity contribution < 1.29 is 4.92 Å². The number of hydrogen-bond acceptors (Lipinski definition) is 3. The maximum absolute atomic E-state index is 10.7. The lowest BCUT2D eigenvalue weighted by molar-refractivity contribution is -0.385. The summed E-state index contributed by atoms with van der Waals surface area (Å²) in [7, 11) is 0. The Morgan fingerprint density at radius 1 is 1.40 bits per heavy atom. The smallest absolute Gasteiger partial charge is 0.272 e. The fraction of sp³-hybridized carbons (Fsp3) is 0.455. The van der Waals surface area contributed by atoms with Crippen molar-refractivity contribution in [3.63, 3.8) is 0 Å². The van der Waals surface area contributed by atoms with E-state index < -0.39 is 0 Å². The van der Waals surface area contributed by atoms with Gasteiger partial charge in [0.1, 0.15) is 0 Å². The summed E-state index contributed by atoms with van der Waals surface area (Å²) in [6.45, 7) is 5.61. The molecule has 82 valence electrons. The van der Waals surface area contributed by atoms with Crippen LogP contribution in [0.3, 0.4) is 0 Å². The van der Waals surface area contributed by atoms with Gasteiger partial charge in [-0.1, -0.05) is 6.07 Å². The fourth-order valence-corrected chi connectivity index (χ4v) is 1.63. The largest absolute Gasteiger partial charge is 0.328 e. The first-order chi connectivity index (χ1) is 6.93. The highest BCUT2D eigenvalue weighted by atomic mass is 16.6. The molecular weight excluding hydrogens is 192 g/mol. The van der Waals surface area contributed by atoms with Crippen molar-refractivity contribution in [2.45, 2.75) is 33.2 Å². The van der Waals surface area contributed by atoms with E-state index >= 15 is 0 Å². The number of benzene rings is 1. The van der Waals surface area contributed by atoms with E-state index in [0.29, 0.717) is 0 Å². The van der Waals surface area contributed by atoms with E-state index in [4.69, 9.17) is 5.73 Å². The molecule has 1 rings (SSSR count). The second-order valence-electron chi connectivity index (χ2n) is 3.93. The van der Waals surface area contributed by atoms with Gasteiger partial charge in [-0.05, 0) is 38.3 Å². The van der Waals surface area contributed by atoms with Crippen LogP contribution in [0.4, 0.5) is 5.69 Å². The lowest BCUT2D eigenvalue weighted by atomic mass is 9.97. The molecule has 0 saturated carbocycles. The molecule has 0 aliphatic carbocycles. The number of rotatable bonds is 3. The average molecular weight is 208 g/mol. The van der Waals surface area contributed by atoms with Crippen LogP contribution in [0.2, 0.25) is 0 Å². The molecule has 0 heterocycles. The van der Waals surface area contributed by atoms with Gasteiger partial charge in [0.05, 0.1) is 4.92 Å². The van der Waals surface area contributed by atoms with Gasteiger partial charge in [-0.3, -0.25) is 10.1 Å². The van der Waals surface area contributed by atoms with Gasteiger partial charge in [-0.2, -0.15) is 0 Å². The van der Waals surface area contributed by atoms with Crippen LogP contribution < -0.4 is 5.73 Å². The molecule has 0 aromatic heterocycles. The Kier molecular flexibility index (Phi) is 3.42. The molecule has 0 saturated heterocycles. The Morgan fingerprint density at radius 2 is 2.00 bits per heavy atom. The highest BCUT2D eigenvalue weighted by molar-refractivity contribution is 5.48. The number of hydrogen-bond donors (Lipinski definition) is 1. The summed E-state index contributed by atoms with van der Waals surface area (Å²) >= 11 is 0. The summed E-state index contributed by atoms with van der Waals surface area (Å²) in [5.41, 5.74) is 8.69. The van der Waals surface area contributed by atoms with E-state index in [9.17, 15) is 10.1 Å². The average Bonchev–Trinajstić information content (AvgIpc) is 2.12. The van der Waals surface area contributed by atoms with Crippen LogP contribution in [0.1, 0.15) is 23.6 Å². The van der Waals surface area contributed by atoms with Gasteiger partial charge >= 0.3 is 0 Å². The lowest BCUT2D eigenvalue weighted by Gasteiger charge is -2.10. The molecule has 4 nitrogen and oxygen atoms in total. The van der Waals surface area contributed by atoms with Crippen LogP contribution in [0.25, 0.3) is 0 Å². The molecule has 4 heteroatoms. The Morgan fingerprint density at radius 3 is 2.47 bits per heavy atom. The SMILES string of the molecule is Cc1c(CC(C)N)ccc([N+](=O)[O-])c1C. The Balaban J connectivity index is 3.15. The first-order valence-corrected chi connectivity index (χ1v) is 4.92. The van der Waals surface area contributed by atoms with Crippen molar-refractivity contribution in [3.8, 4) is 0 Å². The lowest BCUT2D eigenvalue weighted by Crippen LogP contribution is -2.18. The monoisotopic (exact) mass is 208 g/mol. The molecule has 0 bridgehead atoms. The molecule has 1 unspecified atom stereocenters. The molecule has 1 aromatic rings. The third-order valence-corrected chi connectivity index (χ3v) is 2.61. The highest BCUT2D eigenvalue weighted by Crippen LogP contribution is 2.24. The van der Waals surface area contributed by atoms with E-state index in [2.05, 4.69) is 0 Å². The Bertz CT molecular complexity index is 386. The van der Waals surface area contributed by atoms with Crippen LogP contribution >= 0.6 is 0 Å². The van der Waals surface area contributed by atoms with Crippen molar-refractivity contribution >= 4 is 5.69 Å². The molecule has 1 aromatic carbocycles. The summed E-state index contributed by atoms with van der Waals surface area (Å²) in [6, 6.07) is 3.42. The van der Waals surface area contributed by atoms with Gasteiger partial charge in [0, 0.05) is 17.7 Å². The Hall–Kier alpha value is -1.42. The van der Waals surface area contributed by atoms with E-state index in [-0.39, 0.29) is 16.7 Å². The van der Waals surface area contributed by atoms with Gasteiger partial charge in [-0.25, -0.2) is 0 Å². The van der Waals surface area contributed by atoms with Crippen LogP contribution in [0, 0.1) is 24.0 Å². The number of nitro benzene ring substituents is 1. The minimum absolute atomic E-state index is 0.0737. The molecule has 0 fully saturated rings. The van der Waals surface area contributed by atoms with Crippen molar-refractivity contribution in [1.29, 1.82) is 0 Å². The van der Waals surface area contributed by atoms with Crippen molar-refractivity contribution in [3.05, 3.63) is 38.9 Å². The maximum atomic E-state index is 10.7. The molecule has 0 aliphatic rings. The third-order valence-electron chi connectivity index (χ3n) is 2.61. The molecule has 0 spiro atoms. The first-order valence-electron chi connectivity index (χ1n) is 4.92. The molecule has 0 radical (unpaired) electrons. The molecule has 0 amide bonds. The summed E-state index contributed by atoms with van der Waals surface area (Å²) < 4.78 is 0. The van der Waals surface area contributed by atoms with Gasteiger partial charge in [-0.15, -0.1) is 0 Å². The molecule has 2 N–H and O–H groups in total. The van der Waals surface area contributed by atoms with Crippen molar-refractivity contribution in [2.24, 2.45) is 5.73 Å².